The Labute approximate surface area is 125 Å². The first-order valence-corrected chi connectivity index (χ1v) is 7.10. The Morgan fingerprint density at radius 3 is 2.25 bits per heavy atom. The van der Waals surface area contributed by atoms with Crippen LogP contribution in [0.3, 0.4) is 0 Å². The largest absolute Gasteiger partial charge is 0.351 e. The second-order valence-electron chi connectivity index (χ2n) is 4.13. The quantitative estimate of drug-likeness (QED) is 0.366. The van der Waals surface area contributed by atoms with Gasteiger partial charge in [-0.25, -0.2) is 0 Å². The van der Waals surface area contributed by atoms with Gasteiger partial charge in [0.2, 0.25) is 0 Å². The summed E-state index contributed by atoms with van der Waals surface area (Å²) in [6, 6.07) is 6.66. The maximum absolute atomic E-state index is 12.2. The molecule has 0 bridgehead atoms. The van der Waals surface area contributed by atoms with Crippen LogP contribution in [0, 0.1) is 0 Å². The summed E-state index contributed by atoms with van der Waals surface area (Å²) in [6.45, 7) is 4.21. The number of benzene rings is 1. The van der Waals surface area contributed by atoms with E-state index in [2.05, 4.69) is 17.9 Å². The van der Waals surface area contributed by atoms with Crippen molar-refractivity contribution in [3.8, 4) is 0 Å². The van der Waals surface area contributed by atoms with Crippen LogP contribution in [-0.4, -0.2) is 24.0 Å². The fraction of sp³-hybridized carbons (Fsp3) is 0.250. The first kappa shape index (κ1) is 16.2. The molecule has 0 heterocycles. The number of allylic oxidation sites excluding steroid dienone is 4. The highest BCUT2D eigenvalue weighted by Crippen LogP contribution is 2.11. The first-order valence-electron chi connectivity index (χ1n) is 6.46. The van der Waals surface area contributed by atoms with Crippen LogP contribution in [0.2, 0.25) is 0 Å². The number of carbonyl (C=O) groups excluding carboxylic acids is 2. The Hall–Kier alpha value is -1.81. The lowest BCUT2D eigenvalue weighted by molar-refractivity contribution is 0.0954. The highest BCUT2D eigenvalue weighted by Gasteiger charge is 2.10. The predicted octanol–water partition coefficient (Wildman–Crippen LogP) is 3.05. The molecule has 0 fully saturated rings. The Balaban J connectivity index is 2.86. The van der Waals surface area contributed by atoms with E-state index >= 15 is 0 Å². The summed E-state index contributed by atoms with van der Waals surface area (Å²) < 4.78 is 0. The van der Waals surface area contributed by atoms with Crippen LogP contribution >= 0.6 is 12.6 Å². The lowest BCUT2D eigenvalue weighted by Gasteiger charge is -2.05. The van der Waals surface area contributed by atoms with Crippen LogP contribution in [0.15, 0.2) is 48.1 Å². The molecule has 0 aliphatic carbocycles. The third kappa shape index (κ3) is 4.38. The molecule has 3 nitrogen and oxygen atoms in total. The monoisotopic (exact) mass is 289 g/mol. The van der Waals surface area contributed by atoms with Gasteiger partial charge in [-0.2, -0.15) is 12.6 Å². The molecule has 0 saturated carbocycles. The molecule has 1 aromatic carbocycles. The Kier molecular flexibility index (Phi) is 6.81. The SMILES string of the molecule is CC=CC(=CC)C(=O)c1ccc(C(=O)NCCS)cc1. The molecule has 0 aliphatic rings. The number of carbonyl (C=O) groups is 2. The molecule has 106 valence electrons. The molecule has 0 unspecified atom stereocenters. The van der Waals surface area contributed by atoms with Crippen molar-refractivity contribution in [1.82, 2.24) is 5.32 Å². The molecule has 0 radical (unpaired) electrons. The van der Waals surface area contributed by atoms with Crippen LogP contribution in [-0.2, 0) is 0 Å². The van der Waals surface area contributed by atoms with Crippen LogP contribution < -0.4 is 5.32 Å². The van der Waals surface area contributed by atoms with Crippen LogP contribution in [0.5, 0.6) is 0 Å². The molecule has 0 atom stereocenters. The van der Waals surface area contributed by atoms with Gasteiger partial charge in [-0.3, -0.25) is 9.59 Å². The van der Waals surface area contributed by atoms with E-state index in [1.165, 1.54) is 0 Å². The van der Waals surface area contributed by atoms with Gasteiger partial charge in [0.1, 0.15) is 0 Å². The number of hydrogen-bond donors (Lipinski definition) is 2. The van der Waals surface area contributed by atoms with Crippen molar-refractivity contribution < 1.29 is 9.59 Å². The third-order valence-corrected chi connectivity index (χ3v) is 2.95. The first-order chi connectivity index (χ1) is 9.63. The second-order valence-corrected chi connectivity index (χ2v) is 4.58. The second kappa shape index (κ2) is 8.38. The maximum atomic E-state index is 12.2. The molecule has 0 spiro atoms. The Bertz CT molecular complexity index is 530. The van der Waals surface area contributed by atoms with Crippen molar-refractivity contribution in [2.24, 2.45) is 0 Å². The van der Waals surface area contributed by atoms with E-state index in [0.717, 1.165) is 0 Å². The van der Waals surface area contributed by atoms with Gasteiger partial charge < -0.3 is 5.32 Å². The van der Waals surface area contributed by atoms with Gasteiger partial charge in [0.25, 0.3) is 5.91 Å². The fourth-order valence-electron chi connectivity index (χ4n) is 1.69. The summed E-state index contributed by atoms with van der Waals surface area (Å²) in [5, 5.41) is 2.73. The zero-order valence-corrected chi connectivity index (χ0v) is 12.6. The normalized spacial score (nSPS) is 11.7. The van der Waals surface area contributed by atoms with Gasteiger partial charge in [0.05, 0.1) is 0 Å². The van der Waals surface area contributed by atoms with E-state index in [-0.39, 0.29) is 11.7 Å². The zero-order chi connectivity index (χ0) is 15.0. The van der Waals surface area contributed by atoms with Crippen LogP contribution in [0.25, 0.3) is 0 Å². The minimum Gasteiger partial charge on any atom is -0.351 e. The van der Waals surface area contributed by atoms with Crippen molar-refractivity contribution >= 4 is 24.3 Å². The van der Waals surface area contributed by atoms with Crippen molar-refractivity contribution in [2.75, 3.05) is 12.3 Å². The van der Waals surface area contributed by atoms with E-state index < -0.39 is 0 Å². The molecule has 1 rings (SSSR count). The number of Topliss-reactive ketones (excluding diaryl/α,β-unsaturated/α-hetero) is 1. The Morgan fingerprint density at radius 2 is 1.75 bits per heavy atom. The summed E-state index contributed by atoms with van der Waals surface area (Å²) >= 11 is 4.03. The minimum absolute atomic E-state index is 0.0482. The molecule has 0 saturated heterocycles. The number of nitrogens with one attached hydrogen (secondary N) is 1. The van der Waals surface area contributed by atoms with E-state index in [9.17, 15) is 9.59 Å². The van der Waals surface area contributed by atoms with E-state index in [1.807, 2.05) is 19.9 Å². The average Bonchev–Trinajstić information content (AvgIpc) is 2.49. The minimum atomic E-state index is -0.155. The summed E-state index contributed by atoms with van der Waals surface area (Å²) in [5.74, 6) is 0.390. The molecule has 1 amide bonds. The van der Waals surface area contributed by atoms with Gasteiger partial charge in [0, 0.05) is 29.0 Å². The van der Waals surface area contributed by atoms with Gasteiger partial charge in [-0.05, 0) is 26.0 Å². The fourth-order valence-corrected chi connectivity index (χ4v) is 1.81. The molecule has 4 heteroatoms. The number of hydrogen-bond acceptors (Lipinski definition) is 3. The molecule has 0 aliphatic heterocycles. The molecule has 0 aromatic heterocycles. The summed E-state index contributed by atoms with van der Waals surface area (Å²) in [7, 11) is 0. The van der Waals surface area contributed by atoms with Crippen molar-refractivity contribution in [3.05, 3.63) is 59.2 Å². The average molecular weight is 289 g/mol. The Morgan fingerprint density at radius 1 is 1.15 bits per heavy atom. The van der Waals surface area contributed by atoms with Gasteiger partial charge >= 0.3 is 0 Å². The summed E-state index contributed by atoms with van der Waals surface area (Å²) in [4.78, 5) is 23.9. The number of amides is 1. The summed E-state index contributed by atoms with van der Waals surface area (Å²) in [5.41, 5.74) is 1.75. The van der Waals surface area contributed by atoms with Crippen molar-refractivity contribution in [1.29, 1.82) is 0 Å². The molecular formula is C16H19NO2S. The maximum Gasteiger partial charge on any atom is 0.251 e. The van der Waals surface area contributed by atoms with E-state index in [4.69, 9.17) is 0 Å². The van der Waals surface area contributed by atoms with E-state index in [0.29, 0.717) is 29.0 Å². The third-order valence-electron chi connectivity index (χ3n) is 2.73. The lowest BCUT2D eigenvalue weighted by atomic mass is 10.0. The standard InChI is InChI=1S/C16H19NO2S/c1-3-5-12(4-2)15(18)13-6-8-14(9-7-13)16(19)17-10-11-20/h3-9,20H,10-11H2,1-2H3,(H,17,19). The zero-order valence-electron chi connectivity index (χ0n) is 11.7. The number of ketones is 1. The van der Waals surface area contributed by atoms with Gasteiger partial charge in [-0.15, -0.1) is 0 Å². The van der Waals surface area contributed by atoms with Gasteiger partial charge in [0.15, 0.2) is 5.78 Å². The molecule has 1 N–H and O–H groups in total. The number of thiol groups is 1. The topological polar surface area (TPSA) is 46.2 Å². The predicted molar refractivity (Wildman–Crippen MR) is 85.5 cm³/mol. The van der Waals surface area contributed by atoms with Crippen LogP contribution in [0.1, 0.15) is 34.6 Å². The van der Waals surface area contributed by atoms with Gasteiger partial charge in [-0.1, -0.05) is 30.4 Å². The number of rotatable bonds is 6. The molecule has 20 heavy (non-hydrogen) atoms. The smallest absolute Gasteiger partial charge is 0.251 e. The lowest BCUT2D eigenvalue weighted by Crippen LogP contribution is -2.25. The highest BCUT2D eigenvalue weighted by atomic mass is 32.1. The van der Waals surface area contributed by atoms with Crippen molar-refractivity contribution in [2.45, 2.75) is 13.8 Å². The highest BCUT2D eigenvalue weighted by molar-refractivity contribution is 7.80. The van der Waals surface area contributed by atoms with E-state index in [1.54, 1.807) is 36.4 Å². The van der Waals surface area contributed by atoms with Crippen LogP contribution in [0.4, 0.5) is 0 Å². The summed E-state index contributed by atoms with van der Waals surface area (Å²) in [6.07, 6.45) is 5.37. The van der Waals surface area contributed by atoms with Crippen molar-refractivity contribution in [3.63, 3.8) is 0 Å². The molecule has 1 aromatic rings. The molecular weight excluding hydrogens is 270 g/mol.